The van der Waals surface area contributed by atoms with Gasteiger partial charge in [-0.3, -0.25) is 4.79 Å². The second-order valence-corrected chi connectivity index (χ2v) is 2.40. The maximum Gasteiger partial charge on any atom is 0.245 e. The van der Waals surface area contributed by atoms with Crippen LogP contribution in [0.1, 0.15) is 13.3 Å². The van der Waals surface area contributed by atoms with Gasteiger partial charge >= 0.3 is 0 Å². The summed E-state index contributed by atoms with van der Waals surface area (Å²) in [5, 5.41) is 0. The van der Waals surface area contributed by atoms with Crippen molar-refractivity contribution in [1.29, 1.82) is 0 Å². The van der Waals surface area contributed by atoms with Crippen LogP contribution in [0.15, 0.2) is 12.2 Å². The predicted molar refractivity (Wildman–Crippen MR) is 46.1 cm³/mol. The van der Waals surface area contributed by atoms with Gasteiger partial charge in [-0.1, -0.05) is 6.08 Å². The number of nitrogens with two attached hydrogens (primary N) is 1. The standard InChI is InChI=1S/C8H16N2O/c1-3-5-8(11)10(2)7-4-6-9/h3,5H,4,6-7,9H2,1-2H3/b5-3-. The minimum absolute atomic E-state index is 0.0425. The first kappa shape index (κ1) is 10.2. The summed E-state index contributed by atoms with van der Waals surface area (Å²) < 4.78 is 0. The number of carbonyl (C=O) groups excluding carboxylic acids is 1. The molecule has 0 saturated carbocycles. The summed E-state index contributed by atoms with van der Waals surface area (Å²) in [5.41, 5.74) is 5.29. The molecule has 0 atom stereocenters. The fourth-order valence-electron chi connectivity index (χ4n) is 0.708. The van der Waals surface area contributed by atoms with E-state index in [0.29, 0.717) is 6.54 Å². The fraction of sp³-hybridized carbons (Fsp3) is 0.625. The largest absolute Gasteiger partial charge is 0.342 e. The molecule has 0 aliphatic heterocycles. The van der Waals surface area contributed by atoms with Crippen molar-refractivity contribution >= 4 is 5.91 Å². The lowest BCUT2D eigenvalue weighted by Crippen LogP contribution is -2.27. The fourth-order valence-corrected chi connectivity index (χ4v) is 0.708. The van der Waals surface area contributed by atoms with Crippen molar-refractivity contribution < 1.29 is 4.79 Å². The van der Waals surface area contributed by atoms with Gasteiger partial charge in [-0.05, 0) is 26.0 Å². The monoisotopic (exact) mass is 156 g/mol. The maximum absolute atomic E-state index is 11.0. The van der Waals surface area contributed by atoms with Gasteiger partial charge in [0, 0.05) is 13.6 Å². The van der Waals surface area contributed by atoms with Crippen LogP contribution in [-0.2, 0) is 4.79 Å². The molecule has 0 aliphatic carbocycles. The van der Waals surface area contributed by atoms with E-state index in [1.165, 1.54) is 0 Å². The number of likely N-dealkylation sites (N-methyl/N-ethyl adjacent to an activating group) is 1. The van der Waals surface area contributed by atoms with Crippen molar-refractivity contribution in [2.45, 2.75) is 13.3 Å². The molecule has 0 fully saturated rings. The summed E-state index contributed by atoms with van der Waals surface area (Å²) in [5.74, 6) is 0.0425. The van der Waals surface area contributed by atoms with E-state index in [1.807, 2.05) is 6.92 Å². The van der Waals surface area contributed by atoms with Crippen molar-refractivity contribution in [3.63, 3.8) is 0 Å². The van der Waals surface area contributed by atoms with Crippen LogP contribution >= 0.6 is 0 Å². The van der Waals surface area contributed by atoms with Gasteiger partial charge in [0.25, 0.3) is 0 Å². The number of allylic oxidation sites excluding steroid dienone is 1. The Morgan fingerprint density at radius 1 is 1.64 bits per heavy atom. The molecule has 0 aromatic carbocycles. The zero-order valence-corrected chi connectivity index (χ0v) is 7.21. The molecule has 0 aromatic heterocycles. The summed E-state index contributed by atoms with van der Waals surface area (Å²) in [6.07, 6.45) is 4.15. The van der Waals surface area contributed by atoms with Crippen LogP contribution < -0.4 is 5.73 Å². The molecule has 0 aromatic rings. The van der Waals surface area contributed by atoms with Crippen molar-refractivity contribution in [2.75, 3.05) is 20.1 Å². The summed E-state index contributed by atoms with van der Waals surface area (Å²) in [4.78, 5) is 12.7. The molecule has 64 valence electrons. The number of hydrogen-bond acceptors (Lipinski definition) is 2. The molecule has 0 bridgehead atoms. The minimum atomic E-state index is 0.0425. The van der Waals surface area contributed by atoms with Gasteiger partial charge in [0.2, 0.25) is 5.91 Å². The number of nitrogens with zero attached hydrogens (tertiary/aromatic N) is 1. The highest BCUT2D eigenvalue weighted by Crippen LogP contribution is 1.88. The Kier molecular flexibility index (Phi) is 5.47. The Hall–Kier alpha value is -0.830. The Morgan fingerprint density at radius 2 is 2.27 bits per heavy atom. The van der Waals surface area contributed by atoms with E-state index in [4.69, 9.17) is 5.73 Å². The Labute approximate surface area is 67.9 Å². The van der Waals surface area contributed by atoms with E-state index in [9.17, 15) is 4.79 Å². The molecular weight excluding hydrogens is 140 g/mol. The maximum atomic E-state index is 11.0. The summed E-state index contributed by atoms with van der Waals surface area (Å²) in [7, 11) is 1.78. The Morgan fingerprint density at radius 3 is 2.73 bits per heavy atom. The predicted octanol–water partition coefficient (Wildman–Crippen LogP) is 0.370. The molecule has 3 nitrogen and oxygen atoms in total. The van der Waals surface area contributed by atoms with E-state index >= 15 is 0 Å². The van der Waals surface area contributed by atoms with Crippen molar-refractivity contribution in [1.82, 2.24) is 4.90 Å². The van der Waals surface area contributed by atoms with E-state index in [0.717, 1.165) is 13.0 Å². The summed E-state index contributed by atoms with van der Waals surface area (Å²) in [6.45, 7) is 3.20. The smallest absolute Gasteiger partial charge is 0.245 e. The molecule has 11 heavy (non-hydrogen) atoms. The van der Waals surface area contributed by atoms with E-state index in [1.54, 1.807) is 24.1 Å². The highest BCUT2D eigenvalue weighted by Gasteiger charge is 2.01. The van der Waals surface area contributed by atoms with Gasteiger partial charge in [-0.15, -0.1) is 0 Å². The van der Waals surface area contributed by atoms with Gasteiger partial charge < -0.3 is 10.6 Å². The summed E-state index contributed by atoms with van der Waals surface area (Å²) >= 11 is 0. The second kappa shape index (κ2) is 5.92. The number of amides is 1. The zero-order chi connectivity index (χ0) is 8.69. The molecule has 0 radical (unpaired) electrons. The normalized spacial score (nSPS) is 10.5. The molecule has 0 unspecified atom stereocenters. The number of rotatable bonds is 4. The third kappa shape index (κ3) is 4.56. The minimum Gasteiger partial charge on any atom is -0.342 e. The van der Waals surface area contributed by atoms with Crippen LogP contribution in [0.3, 0.4) is 0 Å². The van der Waals surface area contributed by atoms with Crippen LogP contribution in [0.25, 0.3) is 0 Å². The quantitative estimate of drug-likeness (QED) is 0.598. The molecule has 1 amide bonds. The lowest BCUT2D eigenvalue weighted by Gasteiger charge is -2.13. The van der Waals surface area contributed by atoms with E-state index in [-0.39, 0.29) is 5.91 Å². The second-order valence-electron chi connectivity index (χ2n) is 2.40. The molecule has 3 heteroatoms. The lowest BCUT2D eigenvalue weighted by molar-refractivity contribution is -0.124. The van der Waals surface area contributed by atoms with Gasteiger partial charge in [0.05, 0.1) is 0 Å². The number of carbonyl (C=O) groups is 1. The van der Waals surface area contributed by atoms with Crippen LogP contribution in [0, 0.1) is 0 Å². The highest BCUT2D eigenvalue weighted by atomic mass is 16.2. The molecule has 2 N–H and O–H groups in total. The average Bonchev–Trinajstić information content (AvgIpc) is 2.00. The first-order valence-electron chi connectivity index (χ1n) is 3.80. The number of hydrogen-bond donors (Lipinski definition) is 1. The molecule has 0 heterocycles. The van der Waals surface area contributed by atoms with Crippen LogP contribution in [-0.4, -0.2) is 30.9 Å². The van der Waals surface area contributed by atoms with Crippen molar-refractivity contribution in [2.24, 2.45) is 5.73 Å². The van der Waals surface area contributed by atoms with Gasteiger partial charge in [0.1, 0.15) is 0 Å². The third-order valence-electron chi connectivity index (χ3n) is 1.38. The van der Waals surface area contributed by atoms with E-state index in [2.05, 4.69) is 0 Å². The lowest BCUT2D eigenvalue weighted by atomic mass is 10.4. The van der Waals surface area contributed by atoms with Crippen molar-refractivity contribution in [3.8, 4) is 0 Å². The molecular formula is C8H16N2O. The Balaban J connectivity index is 3.64. The van der Waals surface area contributed by atoms with Gasteiger partial charge in [0.15, 0.2) is 0 Å². The molecule has 0 spiro atoms. The van der Waals surface area contributed by atoms with Crippen LogP contribution in [0.4, 0.5) is 0 Å². The first-order valence-corrected chi connectivity index (χ1v) is 3.80. The zero-order valence-electron chi connectivity index (χ0n) is 7.21. The third-order valence-corrected chi connectivity index (χ3v) is 1.38. The molecule has 0 aliphatic rings. The van der Waals surface area contributed by atoms with Crippen LogP contribution in [0.2, 0.25) is 0 Å². The molecule has 0 saturated heterocycles. The van der Waals surface area contributed by atoms with E-state index < -0.39 is 0 Å². The SMILES string of the molecule is C/C=C\C(=O)N(C)CCCN. The summed E-state index contributed by atoms with van der Waals surface area (Å²) in [6, 6.07) is 0. The van der Waals surface area contributed by atoms with Gasteiger partial charge in [-0.25, -0.2) is 0 Å². The highest BCUT2D eigenvalue weighted by molar-refractivity contribution is 5.87. The topological polar surface area (TPSA) is 46.3 Å². The van der Waals surface area contributed by atoms with Crippen molar-refractivity contribution in [3.05, 3.63) is 12.2 Å². The average molecular weight is 156 g/mol. The first-order chi connectivity index (χ1) is 5.22. The van der Waals surface area contributed by atoms with Crippen LogP contribution in [0.5, 0.6) is 0 Å². The molecule has 0 rings (SSSR count). The Bertz CT molecular complexity index is 143. The van der Waals surface area contributed by atoms with Gasteiger partial charge in [-0.2, -0.15) is 0 Å².